The van der Waals surface area contributed by atoms with Crippen LogP contribution in [0.15, 0.2) is 0 Å². The average Bonchev–Trinajstić information content (AvgIpc) is 2.20. The van der Waals surface area contributed by atoms with Crippen molar-refractivity contribution in [3.63, 3.8) is 0 Å². The first-order chi connectivity index (χ1) is 4.71. The zero-order chi connectivity index (χ0) is 7.19. The molecule has 10 heavy (non-hydrogen) atoms. The summed E-state index contributed by atoms with van der Waals surface area (Å²) in [5.74, 6) is 0.627. The van der Waals surface area contributed by atoms with E-state index in [9.17, 15) is 5.11 Å². The molecule has 2 saturated carbocycles. The van der Waals surface area contributed by atoms with E-state index in [1.165, 1.54) is 12.8 Å². The van der Waals surface area contributed by atoms with Crippen molar-refractivity contribution in [1.82, 2.24) is 0 Å². The van der Waals surface area contributed by atoms with E-state index >= 15 is 0 Å². The Balaban J connectivity index is 2.15. The first-order valence-corrected chi connectivity index (χ1v) is 4.18. The maximum absolute atomic E-state index is 9.32. The molecule has 0 aromatic rings. The lowest BCUT2D eigenvalue weighted by atomic mass is 9.92. The highest BCUT2D eigenvalue weighted by molar-refractivity contribution is 5.03. The molecule has 0 radical (unpaired) electrons. The van der Waals surface area contributed by atoms with E-state index in [0.717, 1.165) is 19.3 Å². The third-order valence-corrected chi connectivity index (χ3v) is 3.18. The molecule has 0 aliphatic heterocycles. The summed E-state index contributed by atoms with van der Waals surface area (Å²) in [6.45, 7) is 0. The van der Waals surface area contributed by atoms with Crippen LogP contribution in [0.1, 0.15) is 32.1 Å². The fourth-order valence-electron chi connectivity index (χ4n) is 2.64. The van der Waals surface area contributed by atoms with Gasteiger partial charge in [-0.15, -0.1) is 0 Å². The molecular weight excluding hydrogens is 126 g/mol. The van der Waals surface area contributed by atoms with Gasteiger partial charge < -0.3 is 10.8 Å². The highest BCUT2D eigenvalue weighted by Crippen LogP contribution is 2.45. The van der Waals surface area contributed by atoms with Crippen LogP contribution >= 0.6 is 0 Å². The van der Waals surface area contributed by atoms with Crippen LogP contribution in [-0.4, -0.2) is 16.7 Å². The molecule has 0 spiro atoms. The fraction of sp³-hybridized carbons (Fsp3) is 1.00. The molecule has 0 aromatic heterocycles. The van der Waals surface area contributed by atoms with Gasteiger partial charge in [0.25, 0.3) is 0 Å². The van der Waals surface area contributed by atoms with E-state index in [4.69, 9.17) is 5.73 Å². The van der Waals surface area contributed by atoms with Crippen molar-refractivity contribution >= 4 is 0 Å². The Bertz CT molecular complexity index is 148. The van der Waals surface area contributed by atoms with Gasteiger partial charge in [-0.1, -0.05) is 6.42 Å². The zero-order valence-corrected chi connectivity index (χ0v) is 6.21. The van der Waals surface area contributed by atoms with Gasteiger partial charge in [-0.2, -0.15) is 0 Å². The van der Waals surface area contributed by atoms with Gasteiger partial charge in [0.15, 0.2) is 0 Å². The van der Waals surface area contributed by atoms with Gasteiger partial charge >= 0.3 is 0 Å². The molecule has 2 nitrogen and oxygen atoms in total. The van der Waals surface area contributed by atoms with Crippen LogP contribution in [0.4, 0.5) is 0 Å². The molecule has 3 unspecified atom stereocenters. The zero-order valence-electron chi connectivity index (χ0n) is 6.21. The Labute approximate surface area is 61.4 Å². The molecule has 2 aliphatic carbocycles. The molecule has 3 atom stereocenters. The molecule has 2 fully saturated rings. The molecule has 0 heterocycles. The molecule has 0 bridgehead atoms. The third kappa shape index (κ3) is 0.789. The summed E-state index contributed by atoms with van der Waals surface area (Å²) >= 11 is 0. The molecule has 2 heteroatoms. The Hall–Kier alpha value is -0.0800. The van der Waals surface area contributed by atoms with Crippen LogP contribution in [0.3, 0.4) is 0 Å². The van der Waals surface area contributed by atoms with Gasteiger partial charge in [0.05, 0.1) is 6.10 Å². The van der Waals surface area contributed by atoms with Gasteiger partial charge in [-0.3, -0.25) is 0 Å². The minimum atomic E-state index is -0.102. The molecule has 2 aliphatic rings. The summed E-state index contributed by atoms with van der Waals surface area (Å²) in [4.78, 5) is 0. The number of fused-ring (bicyclic) bond motifs is 1. The van der Waals surface area contributed by atoms with Crippen LogP contribution in [0.5, 0.6) is 0 Å². The van der Waals surface area contributed by atoms with E-state index in [1.54, 1.807) is 0 Å². The van der Waals surface area contributed by atoms with E-state index < -0.39 is 0 Å². The fourth-order valence-corrected chi connectivity index (χ4v) is 2.64. The van der Waals surface area contributed by atoms with Crippen molar-refractivity contribution in [2.24, 2.45) is 11.7 Å². The summed E-state index contributed by atoms with van der Waals surface area (Å²) in [6.07, 6.45) is 5.35. The predicted molar refractivity (Wildman–Crippen MR) is 39.5 cm³/mol. The normalized spacial score (nSPS) is 53.4. The number of rotatable bonds is 0. The minimum absolute atomic E-state index is 0.0272. The summed E-state index contributed by atoms with van der Waals surface area (Å²) in [7, 11) is 0. The monoisotopic (exact) mass is 141 g/mol. The number of nitrogens with two attached hydrogens (primary N) is 1. The maximum atomic E-state index is 9.32. The molecule has 58 valence electrons. The molecule has 3 N–H and O–H groups in total. The van der Waals surface area contributed by atoms with Gasteiger partial charge in [0, 0.05) is 5.54 Å². The number of aliphatic hydroxyl groups excluding tert-OH is 1. The number of aliphatic hydroxyl groups is 1. The lowest BCUT2D eigenvalue weighted by Gasteiger charge is -2.22. The summed E-state index contributed by atoms with van der Waals surface area (Å²) < 4.78 is 0. The number of hydrogen-bond donors (Lipinski definition) is 2. The first-order valence-electron chi connectivity index (χ1n) is 4.18. The molecule has 2 rings (SSSR count). The standard InChI is InChI=1S/C8H15NO/c9-8-3-1-2-6(8)4-7(10)5-8/h6-7,10H,1-5,9H2. The molecular formula is C8H15NO. The van der Waals surface area contributed by atoms with Crippen molar-refractivity contribution in [2.75, 3.05) is 0 Å². The molecule has 0 saturated heterocycles. The quantitative estimate of drug-likeness (QED) is 0.520. The first kappa shape index (κ1) is 6.62. The van der Waals surface area contributed by atoms with E-state index in [1.807, 2.05) is 0 Å². The Morgan fingerprint density at radius 1 is 1.50 bits per heavy atom. The third-order valence-electron chi connectivity index (χ3n) is 3.18. The Morgan fingerprint density at radius 3 is 3.00 bits per heavy atom. The van der Waals surface area contributed by atoms with E-state index in [0.29, 0.717) is 5.92 Å². The van der Waals surface area contributed by atoms with E-state index in [-0.39, 0.29) is 11.6 Å². The Morgan fingerprint density at radius 2 is 2.30 bits per heavy atom. The average molecular weight is 141 g/mol. The second-order valence-electron chi connectivity index (χ2n) is 3.92. The largest absolute Gasteiger partial charge is 0.393 e. The lowest BCUT2D eigenvalue weighted by Crippen LogP contribution is -2.39. The van der Waals surface area contributed by atoms with Gasteiger partial charge in [-0.05, 0) is 31.6 Å². The summed E-state index contributed by atoms with van der Waals surface area (Å²) in [5, 5.41) is 9.32. The van der Waals surface area contributed by atoms with Crippen molar-refractivity contribution in [1.29, 1.82) is 0 Å². The van der Waals surface area contributed by atoms with Crippen LogP contribution in [0, 0.1) is 5.92 Å². The summed E-state index contributed by atoms with van der Waals surface area (Å²) in [5.41, 5.74) is 6.12. The second-order valence-corrected chi connectivity index (χ2v) is 3.92. The van der Waals surface area contributed by atoms with E-state index in [2.05, 4.69) is 0 Å². The smallest absolute Gasteiger partial charge is 0.0561 e. The van der Waals surface area contributed by atoms with Crippen LogP contribution in [-0.2, 0) is 0 Å². The Kier molecular flexibility index (Phi) is 1.29. The highest BCUT2D eigenvalue weighted by Gasteiger charge is 2.46. The van der Waals surface area contributed by atoms with Gasteiger partial charge in [0.2, 0.25) is 0 Å². The number of hydrogen-bond acceptors (Lipinski definition) is 2. The maximum Gasteiger partial charge on any atom is 0.0561 e. The molecule has 0 aromatic carbocycles. The predicted octanol–water partition coefficient (Wildman–Crippen LogP) is 0.639. The van der Waals surface area contributed by atoms with Crippen LogP contribution < -0.4 is 5.73 Å². The van der Waals surface area contributed by atoms with Crippen molar-refractivity contribution in [2.45, 2.75) is 43.7 Å². The van der Waals surface area contributed by atoms with Crippen LogP contribution in [0.25, 0.3) is 0 Å². The lowest BCUT2D eigenvalue weighted by molar-refractivity contribution is 0.169. The molecule has 0 amide bonds. The van der Waals surface area contributed by atoms with Crippen molar-refractivity contribution in [3.05, 3.63) is 0 Å². The minimum Gasteiger partial charge on any atom is -0.393 e. The van der Waals surface area contributed by atoms with Gasteiger partial charge in [0.1, 0.15) is 0 Å². The SMILES string of the molecule is NC12CCCC1CC(O)C2. The second kappa shape index (κ2) is 1.95. The summed E-state index contributed by atoms with van der Waals surface area (Å²) in [6, 6.07) is 0. The highest BCUT2D eigenvalue weighted by atomic mass is 16.3. The van der Waals surface area contributed by atoms with Crippen LogP contribution in [0.2, 0.25) is 0 Å². The van der Waals surface area contributed by atoms with Gasteiger partial charge in [-0.25, -0.2) is 0 Å². The topological polar surface area (TPSA) is 46.2 Å². The van der Waals surface area contributed by atoms with Crippen molar-refractivity contribution < 1.29 is 5.11 Å². The van der Waals surface area contributed by atoms with Crippen molar-refractivity contribution in [3.8, 4) is 0 Å².